The molecule has 2 atom stereocenters. The summed E-state index contributed by atoms with van der Waals surface area (Å²) in [5.74, 6) is -3.02. The highest BCUT2D eigenvalue weighted by atomic mass is 19.4. The zero-order chi connectivity index (χ0) is 12.2. The first-order valence-corrected chi connectivity index (χ1v) is 3.90. The largest absolute Gasteiger partial charge is 0.490 e. The number of cyclic esters (lactones) is 1. The smallest absolute Gasteiger partial charge is 0.475 e. The molecule has 1 aliphatic heterocycles. The molecule has 1 heterocycles. The number of rotatable bonds is 0. The van der Waals surface area contributed by atoms with Gasteiger partial charge >= 0.3 is 18.1 Å². The van der Waals surface area contributed by atoms with Crippen molar-refractivity contribution in [3.63, 3.8) is 0 Å². The molecule has 0 bridgehead atoms. The lowest BCUT2D eigenvalue weighted by Crippen LogP contribution is -2.24. The van der Waals surface area contributed by atoms with E-state index in [0.29, 0.717) is 6.42 Å². The highest BCUT2D eigenvalue weighted by Crippen LogP contribution is 2.13. The van der Waals surface area contributed by atoms with Crippen molar-refractivity contribution >= 4 is 11.9 Å². The van der Waals surface area contributed by atoms with Gasteiger partial charge in [0.05, 0.1) is 0 Å². The predicted molar refractivity (Wildman–Crippen MR) is 41.8 cm³/mol. The fraction of sp³-hybridized carbons (Fsp3) is 0.714. The molecular weight excluding hydrogens is 219 g/mol. The van der Waals surface area contributed by atoms with Crippen molar-refractivity contribution in [3.8, 4) is 0 Å². The summed E-state index contributed by atoms with van der Waals surface area (Å²) in [6, 6.07) is -0.370. The van der Waals surface area contributed by atoms with E-state index in [1.54, 1.807) is 0 Å². The molecule has 1 aliphatic rings. The zero-order valence-corrected chi connectivity index (χ0v) is 7.75. The molecule has 1 fully saturated rings. The Morgan fingerprint density at radius 1 is 1.60 bits per heavy atom. The molecule has 0 amide bonds. The van der Waals surface area contributed by atoms with Gasteiger partial charge in [0.15, 0.2) is 0 Å². The summed E-state index contributed by atoms with van der Waals surface area (Å²) in [5.41, 5.74) is 5.29. The number of esters is 1. The van der Waals surface area contributed by atoms with E-state index in [4.69, 9.17) is 20.4 Å². The first-order chi connectivity index (χ1) is 6.64. The van der Waals surface area contributed by atoms with Gasteiger partial charge in [-0.3, -0.25) is 4.79 Å². The molecular formula is C7H10F3NO4. The number of carboxylic acid groups (broad SMARTS) is 1. The molecule has 5 nitrogen and oxygen atoms in total. The van der Waals surface area contributed by atoms with E-state index >= 15 is 0 Å². The van der Waals surface area contributed by atoms with Crippen LogP contribution in [0.2, 0.25) is 0 Å². The third-order valence-corrected chi connectivity index (χ3v) is 1.45. The van der Waals surface area contributed by atoms with E-state index in [0.717, 1.165) is 0 Å². The Hall–Kier alpha value is -1.31. The molecule has 0 aromatic rings. The summed E-state index contributed by atoms with van der Waals surface area (Å²) in [5, 5.41) is 7.12. The van der Waals surface area contributed by atoms with Gasteiger partial charge < -0.3 is 15.6 Å². The zero-order valence-electron chi connectivity index (χ0n) is 7.75. The molecule has 3 N–H and O–H groups in total. The van der Waals surface area contributed by atoms with Crippen LogP contribution in [0.1, 0.15) is 13.3 Å². The van der Waals surface area contributed by atoms with Crippen LogP contribution in [0.3, 0.4) is 0 Å². The lowest BCUT2D eigenvalue weighted by molar-refractivity contribution is -0.192. The van der Waals surface area contributed by atoms with E-state index in [1.165, 1.54) is 0 Å². The topological polar surface area (TPSA) is 89.6 Å². The molecule has 0 aromatic carbocycles. The number of hydrogen-bond acceptors (Lipinski definition) is 4. The van der Waals surface area contributed by atoms with Crippen LogP contribution in [0.5, 0.6) is 0 Å². The van der Waals surface area contributed by atoms with Crippen LogP contribution < -0.4 is 5.73 Å². The van der Waals surface area contributed by atoms with Crippen molar-refractivity contribution in [3.05, 3.63) is 0 Å². The number of carboxylic acids is 1. The lowest BCUT2D eigenvalue weighted by atomic mass is 10.2. The van der Waals surface area contributed by atoms with Crippen molar-refractivity contribution in [2.75, 3.05) is 0 Å². The van der Waals surface area contributed by atoms with Crippen LogP contribution in [0.15, 0.2) is 0 Å². The highest BCUT2D eigenvalue weighted by molar-refractivity contribution is 5.77. The van der Waals surface area contributed by atoms with E-state index < -0.39 is 12.1 Å². The average Bonchev–Trinajstić information content (AvgIpc) is 2.28. The molecule has 0 radical (unpaired) electrons. The second-order valence-corrected chi connectivity index (χ2v) is 2.89. The van der Waals surface area contributed by atoms with Gasteiger partial charge in [-0.1, -0.05) is 0 Å². The van der Waals surface area contributed by atoms with Crippen LogP contribution in [-0.4, -0.2) is 35.4 Å². The predicted octanol–water partition coefficient (Wildman–Crippen LogP) is 0.282. The van der Waals surface area contributed by atoms with Crippen molar-refractivity contribution in [2.45, 2.75) is 31.7 Å². The molecule has 0 aromatic heterocycles. The number of aliphatic carboxylic acids is 1. The maximum Gasteiger partial charge on any atom is 0.490 e. The first-order valence-electron chi connectivity index (χ1n) is 3.90. The third kappa shape index (κ3) is 5.21. The molecule has 0 unspecified atom stereocenters. The van der Waals surface area contributed by atoms with E-state index in [1.807, 2.05) is 6.92 Å². The standard InChI is InChI=1S/C5H9NO2.C2HF3O2/c1-3-2-4(6)5(7)8-3;3-2(4,5)1(6)7/h3-4H,2,6H2,1H3;(H,6,7)/t3-,4-;/m1./s1. The first kappa shape index (κ1) is 13.7. The van der Waals surface area contributed by atoms with Crippen molar-refractivity contribution < 1.29 is 32.6 Å². The SMILES string of the molecule is C[C@@H]1C[C@@H](N)C(=O)O1.O=C(O)C(F)(F)F. The van der Waals surface area contributed by atoms with Crippen LogP contribution in [0.4, 0.5) is 13.2 Å². The Morgan fingerprint density at radius 3 is 2.07 bits per heavy atom. The Labute approximate surface area is 83.0 Å². The Morgan fingerprint density at radius 2 is 2.00 bits per heavy atom. The summed E-state index contributed by atoms with van der Waals surface area (Å²) in [4.78, 5) is 19.3. The number of halogens is 3. The van der Waals surface area contributed by atoms with Gasteiger partial charge in [0, 0.05) is 6.42 Å². The molecule has 0 aliphatic carbocycles. The number of alkyl halides is 3. The second kappa shape index (κ2) is 4.96. The van der Waals surface area contributed by atoms with Gasteiger partial charge in [0.1, 0.15) is 12.1 Å². The molecule has 8 heteroatoms. The number of nitrogens with two attached hydrogens (primary N) is 1. The average molecular weight is 229 g/mol. The van der Waals surface area contributed by atoms with Crippen LogP contribution in [-0.2, 0) is 14.3 Å². The van der Waals surface area contributed by atoms with Gasteiger partial charge in [-0.25, -0.2) is 4.79 Å². The third-order valence-electron chi connectivity index (χ3n) is 1.45. The minimum Gasteiger partial charge on any atom is -0.475 e. The monoisotopic (exact) mass is 229 g/mol. The van der Waals surface area contributed by atoms with E-state index in [9.17, 15) is 18.0 Å². The maximum absolute atomic E-state index is 10.6. The van der Waals surface area contributed by atoms with Crippen LogP contribution in [0, 0.1) is 0 Å². The van der Waals surface area contributed by atoms with Gasteiger partial charge in [-0.15, -0.1) is 0 Å². The van der Waals surface area contributed by atoms with Crippen molar-refractivity contribution in [2.24, 2.45) is 5.73 Å². The van der Waals surface area contributed by atoms with Crippen molar-refractivity contribution in [1.29, 1.82) is 0 Å². The van der Waals surface area contributed by atoms with Gasteiger partial charge in [0.2, 0.25) is 0 Å². The lowest BCUT2D eigenvalue weighted by Gasteiger charge is -1.95. The fourth-order valence-electron chi connectivity index (χ4n) is 0.788. The van der Waals surface area contributed by atoms with E-state index in [2.05, 4.69) is 0 Å². The summed E-state index contributed by atoms with van der Waals surface area (Å²) in [7, 11) is 0. The molecule has 0 spiro atoms. The van der Waals surface area contributed by atoms with Crippen LogP contribution >= 0.6 is 0 Å². The number of hydrogen-bond donors (Lipinski definition) is 2. The van der Waals surface area contributed by atoms with Gasteiger partial charge in [0.25, 0.3) is 0 Å². The number of carbonyl (C=O) groups excluding carboxylic acids is 1. The van der Waals surface area contributed by atoms with Crippen LogP contribution in [0.25, 0.3) is 0 Å². The Balaban J connectivity index is 0.000000265. The second-order valence-electron chi connectivity index (χ2n) is 2.89. The number of carbonyl (C=O) groups is 2. The summed E-state index contributed by atoms with van der Waals surface area (Å²) >= 11 is 0. The molecule has 1 rings (SSSR count). The molecule has 88 valence electrons. The maximum atomic E-state index is 10.6. The van der Waals surface area contributed by atoms with Gasteiger partial charge in [-0.05, 0) is 6.92 Å². The molecule has 0 saturated carbocycles. The quantitative estimate of drug-likeness (QED) is 0.582. The molecule has 15 heavy (non-hydrogen) atoms. The van der Waals surface area contributed by atoms with E-state index in [-0.39, 0.29) is 18.1 Å². The number of ether oxygens (including phenoxy) is 1. The Bertz CT molecular complexity index is 253. The summed E-state index contributed by atoms with van der Waals surface area (Å²) in [6.07, 6.45) is -4.39. The van der Waals surface area contributed by atoms with Gasteiger partial charge in [-0.2, -0.15) is 13.2 Å². The minimum absolute atomic E-state index is 0.0255. The molecule has 1 saturated heterocycles. The summed E-state index contributed by atoms with van der Waals surface area (Å²) in [6.45, 7) is 1.84. The fourth-order valence-corrected chi connectivity index (χ4v) is 0.788. The Kier molecular flexibility index (Phi) is 4.53. The van der Waals surface area contributed by atoms with Crippen molar-refractivity contribution in [1.82, 2.24) is 0 Å². The normalized spacial score (nSPS) is 25.3. The minimum atomic E-state index is -5.08. The summed E-state index contributed by atoms with van der Waals surface area (Å²) < 4.78 is 36.4. The highest BCUT2D eigenvalue weighted by Gasteiger charge is 2.38.